The number of ether oxygens (including phenoxy) is 1. The van der Waals surface area contributed by atoms with Gasteiger partial charge in [0.2, 0.25) is 0 Å². The van der Waals surface area contributed by atoms with Gasteiger partial charge in [0.05, 0.1) is 6.61 Å². The zero-order valence-electron chi connectivity index (χ0n) is 11.3. The Balaban J connectivity index is 1.77. The van der Waals surface area contributed by atoms with Crippen molar-refractivity contribution in [2.75, 3.05) is 6.61 Å². The van der Waals surface area contributed by atoms with E-state index in [-0.39, 0.29) is 6.04 Å². The Labute approximate surface area is 123 Å². The van der Waals surface area contributed by atoms with E-state index in [1.54, 1.807) is 0 Å². The number of nitrogens with two attached hydrogens (primary N) is 1. The lowest BCUT2D eigenvalue weighted by molar-refractivity contribution is 0.312. The van der Waals surface area contributed by atoms with Gasteiger partial charge in [-0.15, -0.1) is 0 Å². The molecule has 1 heterocycles. The van der Waals surface area contributed by atoms with Crippen LogP contribution in [0.1, 0.15) is 55.7 Å². The first-order valence-electron chi connectivity index (χ1n) is 7.45. The summed E-state index contributed by atoms with van der Waals surface area (Å²) in [6.45, 7) is 0.801. The molecule has 1 aromatic carbocycles. The van der Waals surface area contributed by atoms with Crippen LogP contribution in [0.15, 0.2) is 16.6 Å². The van der Waals surface area contributed by atoms with Crippen LogP contribution in [0.4, 0.5) is 0 Å². The second kappa shape index (κ2) is 5.84. The Kier molecular flexibility index (Phi) is 4.13. The Hall–Kier alpha value is -0.540. The lowest BCUT2D eigenvalue weighted by atomic mass is 9.83. The van der Waals surface area contributed by atoms with Crippen molar-refractivity contribution < 1.29 is 4.74 Å². The normalized spacial score (nSPS) is 20.9. The van der Waals surface area contributed by atoms with Crippen LogP contribution in [0, 0.1) is 5.92 Å². The molecule has 0 spiro atoms. The van der Waals surface area contributed by atoms with E-state index in [9.17, 15) is 0 Å². The first kappa shape index (κ1) is 13.4. The minimum absolute atomic E-state index is 0.118. The number of fused-ring (bicyclic) bond motifs is 1. The zero-order valence-corrected chi connectivity index (χ0v) is 12.9. The lowest BCUT2D eigenvalue weighted by Gasteiger charge is -2.25. The molecule has 1 aliphatic heterocycles. The second-order valence-electron chi connectivity index (χ2n) is 5.93. The van der Waals surface area contributed by atoms with E-state index in [4.69, 9.17) is 10.5 Å². The van der Waals surface area contributed by atoms with Crippen LogP contribution in [0.2, 0.25) is 0 Å². The molecule has 0 amide bonds. The summed E-state index contributed by atoms with van der Waals surface area (Å²) < 4.78 is 6.92. The zero-order chi connectivity index (χ0) is 13.2. The van der Waals surface area contributed by atoms with Crippen molar-refractivity contribution in [2.45, 2.75) is 51.0 Å². The van der Waals surface area contributed by atoms with Gasteiger partial charge < -0.3 is 10.5 Å². The van der Waals surface area contributed by atoms with E-state index in [1.807, 2.05) is 0 Å². The number of halogens is 1. The SMILES string of the molecule is NC(CC1CCCCC1)c1cc(Br)cc2c1OCC2. The van der Waals surface area contributed by atoms with Gasteiger partial charge in [0.1, 0.15) is 5.75 Å². The van der Waals surface area contributed by atoms with Crippen LogP contribution in [0.25, 0.3) is 0 Å². The van der Waals surface area contributed by atoms with Crippen LogP contribution >= 0.6 is 15.9 Å². The molecule has 3 rings (SSSR count). The molecule has 104 valence electrons. The largest absolute Gasteiger partial charge is 0.493 e. The highest BCUT2D eigenvalue weighted by Gasteiger charge is 2.24. The Bertz CT molecular complexity index is 454. The first-order chi connectivity index (χ1) is 9.24. The van der Waals surface area contributed by atoms with Crippen LogP contribution < -0.4 is 10.5 Å². The maximum atomic E-state index is 6.47. The van der Waals surface area contributed by atoms with Gasteiger partial charge in [-0.3, -0.25) is 0 Å². The van der Waals surface area contributed by atoms with E-state index in [1.165, 1.54) is 43.2 Å². The first-order valence-corrected chi connectivity index (χ1v) is 8.24. The fourth-order valence-electron chi connectivity index (χ4n) is 3.48. The molecule has 1 fully saturated rings. The quantitative estimate of drug-likeness (QED) is 0.897. The molecule has 0 radical (unpaired) electrons. The summed E-state index contributed by atoms with van der Waals surface area (Å²) in [5.41, 5.74) is 8.98. The summed E-state index contributed by atoms with van der Waals surface area (Å²) in [5.74, 6) is 1.87. The molecule has 3 heteroatoms. The van der Waals surface area contributed by atoms with Gasteiger partial charge in [-0.1, -0.05) is 48.0 Å². The van der Waals surface area contributed by atoms with E-state index >= 15 is 0 Å². The predicted molar refractivity (Wildman–Crippen MR) is 81.5 cm³/mol. The molecular weight excluding hydrogens is 302 g/mol. The molecule has 1 saturated carbocycles. The fourth-order valence-corrected chi connectivity index (χ4v) is 4.01. The van der Waals surface area contributed by atoms with E-state index in [0.29, 0.717) is 0 Å². The number of benzene rings is 1. The predicted octanol–water partition coefficient (Wildman–Crippen LogP) is 4.35. The average molecular weight is 324 g/mol. The summed E-state index contributed by atoms with van der Waals surface area (Å²) in [6.07, 6.45) is 8.98. The highest BCUT2D eigenvalue weighted by molar-refractivity contribution is 9.10. The molecule has 2 N–H and O–H groups in total. The summed E-state index contributed by atoms with van der Waals surface area (Å²) in [6, 6.07) is 4.43. The minimum atomic E-state index is 0.118. The summed E-state index contributed by atoms with van der Waals surface area (Å²) in [7, 11) is 0. The monoisotopic (exact) mass is 323 g/mol. The average Bonchev–Trinajstić information content (AvgIpc) is 2.86. The minimum Gasteiger partial charge on any atom is -0.493 e. The lowest BCUT2D eigenvalue weighted by Crippen LogP contribution is -2.18. The van der Waals surface area contributed by atoms with Crippen molar-refractivity contribution in [3.05, 3.63) is 27.7 Å². The van der Waals surface area contributed by atoms with Crippen LogP contribution in [-0.2, 0) is 6.42 Å². The molecule has 19 heavy (non-hydrogen) atoms. The van der Waals surface area contributed by atoms with Crippen LogP contribution in [0.5, 0.6) is 5.75 Å². The van der Waals surface area contributed by atoms with Crippen LogP contribution in [0.3, 0.4) is 0 Å². The van der Waals surface area contributed by atoms with Crippen molar-refractivity contribution in [2.24, 2.45) is 11.7 Å². The van der Waals surface area contributed by atoms with Crippen molar-refractivity contribution >= 4 is 15.9 Å². The van der Waals surface area contributed by atoms with Gasteiger partial charge in [-0.05, 0) is 30.0 Å². The van der Waals surface area contributed by atoms with Gasteiger partial charge in [0, 0.05) is 22.5 Å². The Morgan fingerprint density at radius 3 is 2.84 bits per heavy atom. The molecule has 0 bridgehead atoms. The van der Waals surface area contributed by atoms with Crippen LogP contribution in [-0.4, -0.2) is 6.61 Å². The second-order valence-corrected chi connectivity index (χ2v) is 6.84. The highest BCUT2D eigenvalue weighted by Crippen LogP contribution is 2.39. The number of hydrogen-bond acceptors (Lipinski definition) is 2. The maximum absolute atomic E-state index is 6.47. The molecule has 0 aromatic heterocycles. The molecule has 1 atom stereocenters. The number of rotatable bonds is 3. The molecule has 0 saturated heterocycles. The van der Waals surface area contributed by atoms with Gasteiger partial charge in [-0.2, -0.15) is 0 Å². The number of hydrogen-bond donors (Lipinski definition) is 1. The third-order valence-corrected chi connectivity index (χ3v) is 4.95. The van der Waals surface area contributed by atoms with Crippen molar-refractivity contribution in [3.63, 3.8) is 0 Å². The molecule has 2 aliphatic rings. The summed E-state index contributed by atoms with van der Waals surface area (Å²) >= 11 is 3.60. The standard InChI is InChI=1S/C16H22BrNO/c17-13-9-12-6-7-19-16(12)14(10-13)15(18)8-11-4-2-1-3-5-11/h9-11,15H,1-8,18H2. The van der Waals surface area contributed by atoms with Crippen molar-refractivity contribution in [1.82, 2.24) is 0 Å². The summed E-state index contributed by atoms with van der Waals surface area (Å²) in [4.78, 5) is 0. The van der Waals surface area contributed by atoms with Gasteiger partial charge >= 0.3 is 0 Å². The molecule has 1 aromatic rings. The van der Waals surface area contributed by atoms with E-state index in [2.05, 4.69) is 28.1 Å². The van der Waals surface area contributed by atoms with E-state index in [0.717, 1.165) is 35.6 Å². The van der Waals surface area contributed by atoms with Crippen molar-refractivity contribution in [1.29, 1.82) is 0 Å². The molecular formula is C16H22BrNO. The topological polar surface area (TPSA) is 35.2 Å². The van der Waals surface area contributed by atoms with Crippen molar-refractivity contribution in [3.8, 4) is 5.75 Å². The Morgan fingerprint density at radius 2 is 2.05 bits per heavy atom. The van der Waals surface area contributed by atoms with Gasteiger partial charge in [0.15, 0.2) is 0 Å². The molecule has 1 aliphatic carbocycles. The third kappa shape index (κ3) is 2.97. The van der Waals surface area contributed by atoms with E-state index < -0.39 is 0 Å². The molecule has 1 unspecified atom stereocenters. The fraction of sp³-hybridized carbons (Fsp3) is 0.625. The third-order valence-electron chi connectivity index (χ3n) is 4.49. The smallest absolute Gasteiger partial charge is 0.127 e. The highest BCUT2D eigenvalue weighted by atomic mass is 79.9. The van der Waals surface area contributed by atoms with Gasteiger partial charge in [0.25, 0.3) is 0 Å². The molecule has 2 nitrogen and oxygen atoms in total. The summed E-state index contributed by atoms with van der Waals surface area (Å²) in [5, 5.41) is 0. The van der Waals surface area contributed by atoms with Gasteiger partial charge in [-0.25, -0.2) is 0 Å². The Morgan fingerprint density at radius 1 is 1.26 bits per heavy atom. The maximum Gasteiger partial charge on any atom is 0.127 e.